The highest BCUT2D eigenvalue weighted by molar-refractivity contribution is 9.10. The topological polar surface area (TPSA) is 72.3 Å². The van der Waals surface area contributed by atoms with Gasteiger partial charge in [-0.2, -0.15) is 5.10 Å². The van der Waals surface area contributed by atoms with Crippen molar-refractivity contribution in [2.45, 2.75) is 25.9 Å². The minimum Gasteiger partial charge on any atom is -0.488 e. The van der Waals surface area contributed by atoms with Gasteiger partial charge in [-0.3, -0.25) is 0 Å². The van der Waals surface area contributed by atoms with E-state index in [4.69, 9.17) is 4.74 Å². The summed E-state index contributed by atoms with van der Waals surface area (Å²) in [5.41, 5.74) is 3.48. The maximum absolute atomic E-state index is 14.0. The number of halogens is 3. The SMILES string of the molecule is O=C(O)c1cc(C2=C(c3cc(Br)ccc3OCc3cccc(F)c3F)CCC2)cnn1. The molecular weight excluding hydrogens is 470 g/mol. The van der Waals surface area contributed by atoms with Crippen molar-refractivity contribution in [2.24, 2.45) is 0 Å². The van der Waals surface area contributed by atoms with Crippen molar-refractivity contribution in [3.8, 4) is 5.75 Å². The van der Waals surface area contributed by atoms with Crippen LogP contribution in [-0.4, -0.2) is 21.3 Å². The highest BCUT2D eigenvalue weighted by atomic mass is 79.9. The van der Waals surface area contributed by atoms with Gasteiger partial charge in [0.1, 0.15) is 12.4 Å². The number of nitrogens with zero attached hydrogens (tertiary/aromatic N) is 2. The van der Waals surface area contributed by atoms with Crippen LogP contribution < -0.4 is 4.74 Å². The number of benzene rings is 2. The van der Waals surface area contributed by atoms with Gasteiger partial charge in [0, 0.05) is 21.2 Å². The fourth-order valence-corrected chi connectivity index (χ4v) is 4.04. The summed E-state index contributed by atoms with van der Waals surface area (Å²) < 4.78 is 34.3. The molecule has 1 N–H and O–H groups in total. The number of aromatic carboxylic acids is 1. The van der Waals surface area contributed by atoms with Crippen LogP contribution in [0.25, 0.3) is 11.1 Å². The molecule has 0 unspecified atom stereocenters. The molecule has 0 spiro atoms. The molecule has 0 bridgehead atoms. The van der Waals surface area contributed by atoms with E-state index in [1.165, 1.54) is 18.2 Å². The zero-order chi connectivity index (χ0) is 22.0. The number of hydrogen-bond donors (Lipinski definition) is 1. The minimum absolute atomic E-state index is 0.122. The maximum Gasteiger partial charge on any atom is 0.356 e. The number of hydrogen-bond acceptors (Lipinski definition) is 4. The summed E-state index contributed by atoms with van der Waals surface area (Å²) in [6.07, 6.45) is 3.96. The molecule has 1 aliphatic carbocycles. The molecule has 158 valence electrons. The van der Waals surface area contributed by atoms with Gasteiger partial charge in [-0.15, -0.1) is 5.10 Å². The van der Waals surface area contributed by atoms with E-state index >= 15 is 0 Å². The molecule has 2 aromatic carbocycles. The Morgan fingerprint density at radius 1 is 1.13 bits per heavy atom. The zero-order valence-corrected chi connectivity index (χ0v) is 17.8. The second kappa shape index (κ2) is 8.93. The fourth-order valence-electron chi connectivity index (χ4n) is 3.68. The Bertz CT molecular complexity index is 1200. The molecule has 0 saturated heterocycles. The van der Waals surface area contributed by atoms with Gasteiger partial charge in [0.2, 0.25) is 0 Å². The van der Waals surface area contributed by atoms with Crippen molar-refractivity contribution in [2.75, 3.05) is 0 Å². The Kier molecular flexibility index (Phi) is 6.08. The van der Waals surface area contributed by atoms with Crippen LogP contribution in [0.2, 0.25) is 0 Å². The second-order valence-electron chi connectivity index (χ2n) is 7.09. The molecule has 0 fully saturated rings. The van der Waals surface area contributed by atoms with E-state index in [0.29, 0.717) is 11.3 Å². The van der Waals surface area contributed by atoms with Gasteiger partial charge >= 0.3 is 5.97 Å². The first kappa shape index (κ1) is 21.1. The molecule has 0 aliphatic heterocycles. The first-order valence-corrected chi connectivity index (χ1v) is 10.4. The lowest BCUT2D eigenvalue weighted by Crippen LogP contribution is -2.04. The molecule has 1 aliphatic rings. The van der Waals surface area contributed by atoms with Gasteiger partial charge < -0.3 is 9.84 Å². The fraction of sp³-hybridized carbons (Fsp3) is 0.174. The van der Waals surface area contributed by atoms with Crippen LogP contribution in [0.5, 0.6) is 5.75 Å². The molecule has 0 amide bonds. The predicted octanol–water partition coefficient (Wildman–Crippen LogP) is 5.89. The molecule has 4 rings (SSSR count). The van der Waals surface area contributed by atoms with Crippen molar-refractivity contribution in [1.82, 2.24) is 10.2 Å². The minimum atomic E-state index is -1.14. The monoisotopic (exact) mass is 486 g/mol. The summed E-state index contributed by atoms with van der Waals surface area (Å²) in [7, 11) is 0. The lowest BCUT2D eigenvalue weighted by molar-refractivity contribution is 0.0689. The van der Waals surface area contributed by atoms with E-state index in [0.717, 1.165) is 46.5 Å². The first-order valence-electron chi connectivity index (χ1n) is 9.58. The van der Waals surface area contributed by atoms with Crippen molar-refractivity contribution < 1.29 is 23.4 Å². The maximum atomic E-state index is 14.0. The first-order chi connectivity index (χ1) is 14.9. The van der Waals surface area contributed by atoms with Crippen LogP contribution in [0.1, 0.15) is 46.4 Å². The van der Waals surface area contributed by atoms with Gasteiger partial charge in [0.15, 0.2) is 17.3 Å². The molecule has 1 heterocycles. The van der Waals surface area contributed by atoms with Crippen LogP contribution >= 0.6 is 15.9 Å². The van der Waals surface area contributed by atoms with Gasteiger partial charge in [0.25, 0.3) is 0 Å². The number of ether oxygens (including phenoxy) is 1. The van der Waals surface area contributed by atoms with Gasteiger partial charge in [-0.25, -0.2) is 13.6 Å². The largest absolute Gasteiger partial charge is 0.488 e. The molecule has 3 aromatic rings. The average molecular weight is 487 g/mol. The van der Waals surface area contributed by atoms with Crippen LogP contribution in [0.3, 0.4) is 0 Å². The third-order valence-corrected chi connectivity index (χ3v) is 5.61. The van der Waals surface area contributed by atoms with Gasteiger partial charge in [-0.05, 0) is 60.7 Å². The van der Waals surface area contributed by atoms with E-state index in [1.54, 1.807) is 12.3 Å². The van der Waals surface area contributed by atoms with Gasteiger partial charge in [-0.1, -0.05) is 28.1 Å². The molecule has 31 heavy (non-hydrogen) atoms. The Hall–Kier alpha value is -3.13. The Morgan fingerprint density at radius 2 is 1.94 bits per heavy atom. The van der Waals surface area contributed by atoms with E-state index in [1.807, 2.05) is 12.1 Å². The van der Waals surface area contributed by atoms with E-state index in [-0.39, 0.29) is 17.9 Å². The molecule has 8 heteroatoms. The summed E-state index contributed by atoms with van der Waals surface area (Å²) in [6.45, 7) is -0.124. The lowest BCUT2D eigenvalue weighted by atomic mass is 9.97. The number of aromatic nitrogens is 2. The zero-order valence-electron chi connectivity index (χ0n) is 16.2. The van der Waals surface area contributed by atoms with Crippen molar-refractivity contribution in [1.29, 1.82) is 0 Å². The molecule has 0 atom stereocenters. The molecule has 0 saturated carbocycles. The van der Waals surface area contributed by atoms with E-state index in [9.17, 15) is 18.7 Å². The molecular formula is C23H17BrF2N2O3. The standard InChI is InChI=1S/C23H17BrF2N2O3/c24-15-7-8-21(31-12-13-3-1-6-19(25)22(13)26)18(10-15)17-5-2-4-16(17)14-9-20(23(29)30)28-27-11-14/h1,3,6-11H,2,4-5,12H2,(H,29,30). The van der Waals surface area contributed by atoms with E-state index < -0.39 is 17.6 Å². The third-order valence-electron chi connectivity index (χ3n) is 5.12. The smallest absolute Gasteiger partial charge is 0.356 e. The molecule has 1 aromatic heterocycles. The number of allylic oxidation sites excluding steroid dienone is 2. The number of carbonyl (C=O) groups is 1. The van der Waals surface area contributed by atoms with Crippen LogP contribution in [0.4, 0.5) is 8.78 Å². The molecule has 5 nitrogen and oxygen atoms in total. The third kappa shape index (κ3) is 4.49. The molecule has 0 radical (unpaired) electrons. The van der Waals surface area contributed by atoms with Crippen molar-refractivity contribution >= 4 is 33.0 Å². The average Bonchev–Trinajstić information content (AvgIpc) is 3.25. The number of carboxylic acid groups (broad SMARTS) is 1. The summed E-state index contributed by atoms with van der Waals surface area (Å²) in [6, 6.07) is 11.0. The second-order valence-corrected chi connectivity index (χ2v) is 8.00. The summed E-state index contributed by atoms with van der Waals surface area (Å²) >= 11 is 3.48. The Labute approximate surface area is 185 Å². The van der Waals surface area contributed by atoms with Crippen LogP contribution in [0, 0.1) is 11.6 Å². The predicted molar refractivity (Wildman–Crippen MR) is 114 cm³/mol. The highest BCUT2D eigenvalue weighted by Crippen LogP contribution is 2.43. The van der Waals surface area contributed by atoms with Crippen LogP contribution in [0.15, 0.2) is 53.1 Å². The van der Waals surface area contributed by atoms with Crippen LogP contribution in [-0.2, 0) is 6.61 Å². The quantitative estimate of drug-likeness (QED) is 0.470. The summed E-state index contributed by atoms with van der Waals surface area (Å²) in [4.78, 5) is 11.3. The van der Waals surface area contributed by atoms with Crippen molar-refractivity contribution in [3.63, 3.8) is 0 Å². The lowest BCUT2D eigenvalue weighted by Gasteiger charge is -2.15. The van der Waals surface area contributed by atoms with Crippen molar-refractivity contribution in [3.05, 3.63) is 87.2 Å². The normalized spacial score (nSPS) is 13.5. The highest BCUT2D eigenvalue weighted by Gasteiger charge is 2.22. The Balaban J connectivity index is 1.72. The Morgan fingerprint density at radius 3 is 2.74 bits per heavy atom. The summed E-state index contributed by atoms with van der Waals surface area (Å²) in [5.74, 6) is -2.46. The number of rotatable bonds is 6. The van der Waals surface area contributed by atoms with Gasteiger partial charge in [0.05, 0.1) is 6.20 Å². The summed E-state index contributed by atoms with van der Waals surface area (Å²) in [5, 5.41) is 16.7. The number of carboxylic acids is 1. The van der Waals surface area contributed by atoms with E-state index in [2.05, 4.69) is 26.1 Å².